The Kier molecular flexibility index (Phi) is 11.0. The fraction of sp³-hybridized carbons (Fsp3) is 0.400. The van der Waals surface area contributed by atoms with Crippen LogP contribution in [0, 0.1) is 18.6 Å². The molecule has 0 fully saturated rings. The summed E-state index contributed by atoms with van der Waals surface area (Å²) in [5.41, 5.74) is 3.32. The van der Waals surface area contributed by atoms with E-state index in [2.05, 4.69) is 23.3 Å². The molecule has 0 aromatic heterocycles. The van der Waals surface area contributed by atoms with Crippen molar-refractivity contribution in [2.75, 3.05) is 13.1 Å². The van der Waals surface area contributed by atoms with E-state index in [0.717, 1.165) is 22.8 Å². The second-order valence-electron chi connectivity index (χ2n) is 8.60. The topological polar surface area (TPSA) is 70.6 Å². The van der Waals surface area contributed by atoms with Crippen LogP contribution in [0.3, 0.4) is 0 Å². The average molecular weight is 449 g/mol. The maximum atomic E-state index is 12.2. The van der Waals surface area contributed by atoms with Gasteiger partial charge in [0, 0.05) is 25.7 Å². The minimum absolute atomic E-state index is 0.147. The molecule has 0 aliphatic rings. The highest BCUT2D eigenvalue weighted by molar-refractivity contribution is 5.67. The van der Waals surface area contributed by atoms with Gasteiger partial charge in [0.1, 0.15) is 17.2 Å². The minimum atomic E-state index is -0.674. The zero-order valence-corrected chi connectivity index (χ0v) is 19.5. The van der Waals surface area contributed by atoms with Crippen molar-refractivity contribution in [3.63, 3.8) is 0 Å². The molecule has 176 valence electrons. The number of aryl methyl sites for hydroxylation is 1. The van der Waals surface area contributed by atoms with E-state index in [1.807, 2.05) is 25.1 Å². The minimum Gasteiger partial charge on any atom is -0.444 e. The normalized spacial score (nSPS) is 11.8. The first-order valence-corrected chi connectivity index (χ1v) is 10.4. The maximum absolute atomic E-state index is 12.2. The Morgan fingerprint density at radius 1 is 1.12 bits per heavy atom. The van der Waals surface area contributed by atoms with Gasteiger partial charge in [-0.3, -0.25) is 0 Å². The molecule has 1 atom stereocenters. The first-order valence-electron chi connectivity index (χ1n) is 10.4. The highest BCUT2D eigenvalue weighted by Gasteiger charge is 2.16. The molecule has 7 heteroatoms. The summed E-state index contributed by atoms with van der Waals surface area (Å²) in [5, 5.41) is 15.6. The van der Waals surface area contributed by atoms with E-state index < -0.39 is 29.4 Å². The van der Waals surface area contributed by atoms with E-state index >= 15 is 0 Å². The molecule has 3 N–H and O–H groups in total. The highest BCUT2D eigenvalue weighted by Crippen LogP contribution is 2.13. The molecule has 0 saturated heterocycles. The molecule has 0 saturated carbocycles. The number of aliphatic hydroxyl groups excluding tert-OH is 1. The van der Waals surface area contributed by atoms with E-state index in [-0.39, 0.29) is 6.54 Å². The smallest absolute Gasteiger partial charge is 0.407 e. The number of amides is 1. The number of hydrogen-bond acceptors (Lipinski definition) is 4. The fourth-order valence-electron chi connectivity index (χ4n) is 2.61. The van der Waals surface area contributed by atoms with E-state index in [9.17, 15) is 18.7 Å². The number of carbonyl (C=O) groups excluding carboxylic acids is 1. The van der Waals surface area contributed by atoms with Crippen LogP contribution < -0.4 is 10.6 Å². The molecule has 0 bridgehead atoms. The second kappa shape index (κ2) is 12.9. The average Bonchev–Trinajstić information content (AvgIpc) is 2.64. The Morgan fingerprint density at radius 2 is 1.75 bits per heavy atom. The van der Waals surface area contributed by atoms with Crippen LogP contribution in [0.5, 0.6) is 0 Å². The second-order valence-corrected chi connectivity index (χ2v) is 8.60. The first-order chi connectivity index (χ1) is 14.9. The van der Waals surface area contributed by atoms with Crippen LogP contribution in [0.25, 0.3) is 5.57 Å². The predicted octanol–water partition coefficient (Wildman–Crippen LogP) is 4.97. The number of nitrogens with one attached hydrogen (secondary N) is 2. The molecule has 32 heavy (non-hydrogen) atoms. The summed E-state index contributed by atoms with van der Waals surface area (Å²) in [6.07, 6.45) is -1.20. The van der Waals surface area contributed by atoms with Crippen molar-refractivity contribution in [2.45, 2.75) is 52.9 Å². The molecule has 0 radical (unpaired) electrons. The Labute approximate surface area is 189 Å². The van der Waals surface area contributed by atoms with Gasteiger partial charge in [-0.15, -0.1) is 0 Å². The number of alkyl carbamates (subject to hydrolysis) is 1. The SMILES string of the molecule is C=C(C)c1cccc(CNCC(O)CNC(=O)OC(C)(C)C)c1.Cc1cc(F)cc(F)c1. The van der Waals surface area contributed by atoms with Crippen molar-refractivity contribution in [3.05, 3.63) is 77.4 Å². The number of carbonyl (C=O) groups is 1. The summed E-state index contributed by atoms with van der Waals surface area (Å²) in [7, 11) is 0. The molecule has 0 aliphatic carbocycles. The van der Waals surface area contributed by atoms with Crippen molar-refractivity contribution < 1.29 is 23.4 Å². The molecule has 0 spiro atoms. The molecule has 0 aliphatic heterocycles. The Hall–Kier alpha value is -2.77. The molecular weight excluding hydrogens is 414 g/mol. The van der Waals surface area contributed by atoms with E-state index in [0.29, 0.717) is 18.7 Å². The third kappa shape index (κ3) is 12.2. The molecule has 1 unspecified atom stereocenters. The van der Waals surface area contributed by atoms with E-state index in [1.165, 1.54) is 12.1 Å². The summed E-state index contributed by atoms with van der Waals surface area (Å²) >= 11 is 0. The first kappa shape index (κ1) is 27.3. The van der Waals surface area contributed by atoms with Crippen LogP contribution >= 0.6 is 0 Å². The van der Waals surface area contributed by atoms with E-state index in [1.54, 1.807) is 27.7 Å². The van der Waals surface area contributed by atoms with Crippen LogP contribution in [-0.2, 0) is 11.3 Å². The van der Waals surface area contributed by atoms with Crippen LogP contribution in [0.4, 0.5) is 13.6 Å². The quantitative estimate of drug-likeness (QED) is 0.559. The molecular formula is C25H34F2N2O3. The fourth-order valence-corrected chi connectivity index (χ4v) is 2.61. The van der Waals surface area contributed by atoms with Crippen LogP contribution in [-0.4, -0.2) is 36.0 Å². The molecule has 1 amide bonds. The monoisotopic (exact) mass is 448 g/mol. The van der Waals surface area contributed by atoms with Gasteiger partial charge in [0.15, 0.2) is 0 Å². The molecule has 2 aromatic carbocycles. The molecule has 2 aromatic rings. The lowest BCUT2D eigenvalue weighted by atomic mass is 10.1. The van der Waals surface area contributed by atoms with Crippen LogP contribution in [0.15, 0.2) is 49.0 Å². The summed E-state index contributed by atoms with van der Waals surface area (Å²) in [6, 6.07) is 11.5. The molecule has 2 rings (SSSR count). The van der Waals surface area contributed by atoms with Crippen molar-refractivity contribution in [3.8, 4) is 0 Å². The zero-order valence-electron chi connectivity index (χ0n) is 19.5. The lowest BCUT2D eigenvalue weighted by Gasteiger charge is -2.20. The van der Waals surface area contributed by atoms with Crippen molar-refractivity contribution >= 4 is 11.7 Å². The van der Waals surface area contributed by atoms with Gasteiger partial charge in [-0.05, 0) is 63.4 Å². The third-order valence-electron chi connectivity index (χ3n) is 4.02. The summed E-state index contributed by atoms with van der Waals surface area (Å²) in [5.74, 6) is -1.04. The molecule has 0 heterocycles. The van der Waals surface area contributed by atoms with Gasteiger partial charge < -0.3 is 20.5 Å². The van der Waals surface area contributed by atoms with Crippen LogP contribution in [0.2, 0.25) is 0 Å². The third-order valence-corrected chi connectivity index (χ3v) is 4.02. The van der Waals surface area contributed by atoms with Gasteiger partial charge >= 0.3 is 6.09 Å². The standard InChI is InChI=1S/C18H28N2O3.C7H6F2/c1-13(2)15-8-6-7-14(9-15)10-19-11-16(21)12-20-17(22)23-18(3,4)5;1-5-2-6(8)4-7(9)3-5/h6-9,16,19,21H,1,10-12H2,2-5H3,(H,20,22);2-4H,1H3. The molecule has 5 nitrogen and oxygen atoms in total. The zero-order chi connectivity index (χ0) is 24.3. The Balaban J connectivity index is 0.000000471. The van der Waals surface area contributed by atoms with Gasteiger partial charge in [0.2, 0.25) is 0 Å². The highest BCUT2D eigenvalue weighted by atomic mass is 19.1. The summed E-state index contributed by atoms with van der Waals surface area (Å²) < 4.78 is 29.5. The van der Waals surface area contributed by atoms with Crippen LogP contribution in [0.1, 0.15) is 44.4 Å². The Bertz CT molecular complexity index is 845. The van der Waals surface area contributed by atoms with Crippen molar-refractivity contribution in [2.24, 2.45) is 0 Å². The lowest BCUT2D eigenvalue weighted by Crippen LogP contribution is -2.40. The number of halogens is 2. The lowest BCUT2D eigenvalue weighted by molar-refractivity contribution is 0.0492. The number of rotatable bonds is 7. The largest absolute Gasteiger partial charge is 0.444 e. The number of benzene rings is 2. The number of hydrogen-bond donors (Lipinski definition) is 3. The van der Waals surface area contributed by atoms with Crippen molar-refractivity contribution in [1.82, 2.24) is 10.6 Å². The summed E-state index contributed by atoms with van der Waals surface area (Å²) in [6.45, 7) is 14.1. The van der Waals surface area contributed by atoms with Gasteiger partial charge in [-0.25, -0.2) is 13.6 Å². The number of ether oxygens (including phenoxy) is 1. The van der Waals surface area contributed by atoms with Gasteiger partial charge in [0.05, 0.1) is 6.10 Å². The van der Waals surface area contributed by atoms with Gasteiger partial charge in [0.25, 0.3) is 0 Å². The number of allylic oxidation sites excluding steroid dienone is 1. The van der Waals surface area contributed by atoms with Crippen molar-refractivity contribution in [1.29, 1.82) is 0 Å². The van der Waals surface area contributed by atoms with E-state index in [4.69, 9.17) is 4.74 Å². The van der Waals surface area contributed by atoms with Gasteiger partial charge in [-0.1, -0.05) is 36.4 Å². The number of aliphatic hydroxyl groups is 1. The van der Waals surface area contributed by atoms with Gasteiger partial charge in [-0.2, -0.15) is 0 Å². The summed E-state index contributed by atoms with van der Waals surface area (Å²) in [4.78, 5) is 11.5. The maximum Gasteiger partial charge on any atom is 0.407 e. The predicted molar refractivity (Wildman–Crippen MR) is 124 cm³/mol. The Morgan fingerprint density at radius 3 is 2.28 bits per heavy atom.